The number of hydrogen-bond acceptors (Lipinski definition) is 5. The Kier molecular flexibility index (Phi) is 6.75. The molecule has 0 atom stereocenters. The number of nitrogens with zero attached hydrogens (tertiary/aromatic N) is 5. The number of amides is 1. The molecule has 2 aromatic carbocycles. The maximum absolute atomic E-state index is 13.6. The predicted octanol–water partition coefficient (Wildman–Crippen LogP) is 5.13. The Labute approximate surface area is 204 Å². The molecule has 1 fully saturated rings. The van der Waals surface area contributed by atoms with Crippen LogP contribution in [0.5, 0.6) is 0 Å². The molecule has 4 aromatic rings. The van der Waals surface area contributed by atoms with E-state index < -0.39 is 0 Å². The maximum Gasteiger partial charge on any atom is 0.231 e. The summed E-state index contributed by atoms with van der Waals surface area (Å²) in [7, 11) is 0. The maximum atomic E-state index is 13.6. The van der Waals surface area contributed by atoms with E-state index in [2.05, 4.69) is 20.1 Å². The first-order chi connectivity index (χ1) is 17.2. The zero-order valence-electron chi connectivity index (χ0n) is 19.3. The van der Waals surface area contributed by atoms with E-state index in [0.717, 1.165) is 42.9 Å². The van der Waals surface area contributed by atoms with Crippen LogP contribution < -0.4 is 9.80 Å². The third kappa shape index (κ3) is 5.35. The highest BCUT2D eigenvalue weighted by atomic mass is 19.1. The zero-order valence-corrected chi connectivity index (χ0v) is 19.3. The number of carbonyl (C=O) groups is 1. The monoisotopic (exact) mass is 467 g/mol. The van der Waals surface area contributed by atoms with Gasteiger partial charge in [-0.1, -0.05) is 36.4 Å². The molecule has 7 heteroatoms. The number of pyridine rings is 1. The lowest BCUT2D eigenvalue weighted by molar-refractivity contribution is -0.123. The van der Waals surface area contributed by atoms with E-state index in [4.69, 9.17) is 0 Å². The fraction of sp³-hybridized carbons (Fsp3) is 0.214. The fourth-order valence-electron chi connectivity index (χ4n) is 4.40. The Hall–Kier alpha value is -4.13. The summed E-state index contributed by atoms with van der Waals surface area (Å²) in [6, 6.07) is 25.7. The standard InChI is InChI=1S/C28H26FN5O/c29-24-11-9-22(10-12-24)25-13-14-27(32-31-25)33-18-15-23(16-19-33)28(35)34(26-8-4-5-17-30-26)20-21-6-2-1-3-7-21/h1-14,17,23H,15-16,18-20H2. The molecule has 0 unspecified atom stereocenters. The van der Waals surface area contributed by atoms with E-state index in [-0.39, 0.29) is 17.6 Å². The van der Waals surface area contributed by atoms with Crippen molar-refractivity contribution in [3.8, 4) is 11.3 Å². The molecule has 0 aliphatic carbocycles. The zero-order chi connectivity index (χ0) is 24.0. The van der Waals surface area contributed by atoms with Crippen LogP contribution in [-0.2, 0) is 11.3 Å². The van der Waals surface area contributed by atoms with E-state index >= 15 is 0 Å². The first kappa shape index (κ1) is 22.7. The highest BCUT2D eigenvalue weighted by Crippen LogP contribution is 2.27. The van der Waals surface area contributed by atoms with Gasteiger partial charge in [0.2, 0.25) is 5.91 Å². The number of benzene rings is 2. The Bertz CT molecular complexity index is 1240. The van der Waals surface area contributed by atoms with Gasteiger partial charge in [0, 0.05) is 30.8 Å². The largest absolute Gasteiger partial charge is 0.355 e. The molecule has 0 N–H and O–H groups in total. The molecular weight excluding hydrogens is 441 g/mol. The smallest absolute Gasteiger partial charge is 0.231 e. The summed E-state index contributed by atoms with van der Waals surface area (Å²) in [4.78, 5) is 22.0. The summed E-state index contributed by atoms with van der Waals surface area (Å²) in [5, 5.41) is 8.71. The second-order valence-corrected chi connectivity index (χ2v) is 8.64. The van der Waals surface area contributed by atoms with Gasteiger partial charge < -0.3 is 4.90 Å². The van der Waals surface area contributed by atoms with E-state index in [1.54, 1.807) is 23.2 Å². The Morgan fingerprint density at radius 2 is 1.63 bits per heavy atom. The van der Waals surface area contributed by atoms with Gasteiger partial charge in [-0.15, -0.1) is 10.2 Å². The third-order valence-corrected chi connectivity index (χ3v) is 6.33. The Morgan fingerprint density at radius 1 is 0.886 bits per heavy atom. The fourth-order valence-corrected chi connectivity index (χ4v) is 4.40. The average Bonchev–Trinajstić information content (AvgIpc) is 2.93. The van der Waals surface area contributed by atoms with Gasteiger partial charge in [-0.25, -0.2) is 9.37 Å². The summed E-state index contributed by atoms with van der Waals surface area (Å²) in [6.07, 6.45) is 3.19. The van der Waals surface area contributed by atoms with Gasteiger partial charge in [0.1, 0.15) is 11.6 Å². The number of halogens is 1. The van der Waals surface area contributed by atoms with Crippen molar-refractivity contribution in [3.63, 3.8) is 0 Å². The lowest BCUT2D eigenvalue weighted by atomic mass is 9.95. The van der Waals surface area contributed by atoms with Crippen LogP contribution in [0.4, 0.5) is 16.0 Å². The highest BCUT2D eigenvalue weighted by Gasteiger charge is 2.30. The van der Waals surface area contributed by atoms with Crippen LogP contribution in [0, 0.1) is 11.7 Å². The molecular formula is C28H26FN5O. The van der Waals surface area contributed by atoms with Crippen molar-refractivity contribution in [3.05, 3.63) is 103 Å². The summed E-state index contributed by atoms with van der Waals surface area (Å²) in [5.41, 5.74) is 2.59. The summed E-state index contributed by atoms with van der Waals surface area (Å²) in [6.45, 7) is 1.94. The Balaban J connectivity index is 1.25. The first-order valence-corrected chi connectivity index (χ1v) is 11.8. The molecule has 35 heavy (non-hydrogen) atoms. The van der Waals surface area contributed by atoms with Crippen LogP contribution in [0.15, 0.2) is 91.1 Å². The van der Waals surface area contributed by atoms with E-state index in [1.807, 2.05) is 60.7 Å². The minimum Gasteiger partial charge on any atom is -0.355 e. The van der Waals surface area contributed by atoms with Crippen molar-refractivity contribution in [1.29, 1.82) is 0 Å². The minimum atomic E-state index is -0.277. The SMILES string of the molecule is O=C(C1CCN(c2ccc(-c3ccc(F)cc3)nn2)CC1)N(Cc1ccccc1)c1ccccn1. The molecule has 0 saturated carbocycles. The second kappa shape index (κ2) is 10.4. The number of hydrogen-bond donors (Lipinski definition) is 0. The van der Waals surface area contributed by atoms with Crippen LogP contribution in [-0.4, -0.2) is 34.2 Å². The quantitative estimate of drug-likeness (QED) is 0.394. The van der Waals surface area contributed by atoms with Crippen LogP contribution in [0.3, 0.4) is 0 Å². The summed E-state index contributed by atoms with van der Waals surface area (Å²) in [5.74, 6) is 1.20. The van der Waals surface area contributed by atoms with E-state index in [9.17, 15) is 9.18 Å². The summed E-state index contributed by atoms with van der Waals surface area (Å²) >= 11 is 0. The molecule has 0 spiro atoms. The molecule has 1 amide bonds. The summed E-state index contributed by atoms with van der Waals surface area (Å²) < 4.78 is 13.2. The number of anilines is 2. The van der Waals surface area contributed by atoms with Gasteiger partial charge >= 0.3 is 0 Å². The van der Waals surface area contributed by atoms with Crippen molar-refractivity contribution < 1.29 is 9.18 Å². The van der Waals surface area contributed by atoms with Gasteiger partial charge in [-0.2, -0.15) is 0 Å². The molecule has 2 aromatic heterocycles. The normalized spacial score (nSPS) is 14.0. The molecule has 1 aliphatic rings. The van der Waals surface area contributed by atoms with Gasteiger partial charge in [-0.3, -0.25) is 9.69 Å². The number of carbonyl (C=O) groups excluding carboxylic acids is 1. The molecule has 0 bridgehead atoms. The van der Waals surface area contributed by atoms with Crippen LogP contribution in [0.25, 0.3) is 11.3 Å². The van der Waals surface area contributed by atoms with Crippen LogP contribution in [0.2, 0.25) is 0 Å². The average molecular weight is 468 g/mol. The molecule has 1 aliphatic heterocycles. The van der Waals surface area contributed by atoms with Gasteiger partial charge in [0.05, 0.1) is 12.2 Å². The van der Waals surface area contributed by atoms with Crippen molar-refractivity contribution in [2.75, 3.05) is 22.9 Å². The molecule has 0 radical (unpaired) electrons. The lowest BCUT2D eigenvalue weighted by Gasteiger charge is -2.34. The lowest BCUT2D eigenvalue weighted by Crippen LogP contribution is -2.43. The number of rotatable bonds is 6. The topological polar surface area (TPSA) is 62.2 Å². The highest BCUT2D eigenvalue weighted by molar-refractivity contribution is 5.94. The molecule has 1 saturated heterocycles. The van der Waals surface area contributed by atoms with Crippen LogP contribution in [0.1, 0.15) is 18.4 Å². The molecule has 176 valence electrons. The Morgan fingerprint density at radius 3 is 2.29 bits per heavy atom. The number of aromatic nitrogens is 3. The molecule has 3 heterocycles. The minimum absolute atomic E-state index is 0.0802. The van der Waals surface area contributed by atoms with E-state index in [1.165, 1.54) is 12.1 Å². The van der Waals surface area contributed by atoms with Gasteiger partial charge in [0.15, 0.2) is 5.82 Å². The van der Waals surface area contributed by atoms with Gasteiger partial charge in [0.25, 0.3) is 0 Å². The third-order valence-electron chi connectivity index (χ3n) is 6.33. The van der Waals surface area contributed by atoms with Crippen LogP contribution >= 0.6 is 0 Å². The predicted molar refractivity (Wildman–Crippen MR) is 134 cm³/mol. The van der Waals surface area contributed by atoms with Crippen molar-refractivity contribution in [2.24, 2.45) is 5.92 Å². The first-order valence-electron chi connectivity index (χ1n) is 11.8. The molecule has 6 nitrogen and oxygen atoms in total. The van der Waals surface area contributed by atoms with Crippen molar-refractivity contribution in [2.45, 2.75) is 19.4 Å². The van der Waals surface area contributed by atoms with Crippen molar-refractivity contribution >= 4 is 17.5 Å². The molecule has 5 rings (SSSR count). The van der Waals surface area contributed by atoms with Gasteiger partial charge in [-0.05, 0) is 66.9 Å². The number of piperidine rings is 1. The van der Waals surface area contributed by atoms with E-state index in [0.29, 0.717) is 18.1 Å². The second-order valence-electron chi connectivity index (χ2n) is 8.64. The van der Waals surface area contributed by atoms with Crippen molar-refractivity contribution in [1.82, 2.24) is 15.2 Å².